The van der Waals surface area contributed by atoms with Gasteiger partial charge in [0.15, 0.2) is 5.13 Å². The summed E-state index contributed by atoms with van der Waals surface area (Å²) in [6.07, 6.45) is 0. The zero-order chi connectivity index (χ0) is 14.0. The number of hydrogen-bond acceptors (Lipinski definition) is 6. The molecule has 6 heteroatoms. The Morgan fingerprint density at radius 2 is 2.26 bits per heavy atom. The lowest BCUT2D eigenvalue weighted by Crippen LogP contribution is -2.29. The molecule has 0 unspecified atom stereocenters. The lowest BCUT2D eigenvalue weighted by molar-refractivity contribution is -0.145. The van der Waals surface area contributed by atoms with Crippen molar-refractivity contribution in [3.63, 3.8) is 0 Å². The second-order valence-corrected chi connectivity index (χ2v) is 7.27. The van der Waals surface area contributed by atoms with Gasteiger partial charge in [-0.05, 0) is 39.0 Å². The number of ether oxygens (including phenoxy) is 1. The fourth-order valence-electron chi connectivity index (χ4n) is 1.63. The Morgan fingerprint density at radius 1 is 1.53 bits per heavy atom. The largest absolute Gasteiger partial charge is 0.465 e. The van der Waals surface area contributed by atoms with E-state index in [1.54, 1.807) is 0 Å². The fourth-order valence-corrected chi connectivity index (χ4v) is 3.52. The van der Waals surface area contributed by atoms with Crippen molar-refractivity contribution < 1.29 is 9.53 Å². The molecular weight excluding hydrogens is 280 g/mol. The standard InChI is InChI=1S/C13H16N2O2S2/c1-4-17-11(16)13(2,3)19-8-5-6-9-10(7-8)18-12(14)15-9/h5-7H,4H2,1-3H3,(H2,14,15). The number of hydrogen-bond donors (Lipinski definition) is 1. The van der Waals surface area contributed by atoms with Crippen LogP contribution in [0, 0.1) is 0 Å². The number of anilines is 1. The van der Waals surface area contributed by atoms with Gasteiger partial charge in [-0.15, -0.1) is 11.8 Å². The van der Waals surface area contributed by atoms with Crippen molar-refractivity contribution in [3.05, 3.63) is 18.2 Å². The Hall–Kier alpha value is -1.27. The highest BCUT2D eigenvalue weighted by Gasteiger charge is 2.30. The summed E-state index contributed by atoms with van der Waals surface area (Å²) in [5.74, 6) is -0.205. The molecule has 0 saturated carbocycles. The first-order valence-corrected chi connectivity index (χ1v) is 7.58. The predicted octanol–water partition coefficient (Wildman–Crippen LogP) is 3.31. The minimum Gasteiger partial charge on any atom is -0.465 e. The zero-order valence-electron chi connectivity index (χ0n) is 11.1. The molecule has 0 bridgehead atoms. The van der Waals surface area contributed by atoms with Crippen molar-refractivity contribution in [1.29, 1.82) is 0 Å². The Bertz CT molecular complexity index is 608. The monoisotopic (exact) mass is 296 g/mol. The molecule has 2 N–H and O–H groups in total. The lowest BCUT2D eigenvalue weighted by Gasteiger charge is -2.21. The second-order valence-electron chi connectivity index (χ2n) is 4.51. The number of benzene rings is 1. The van der Waals surface area contributed by atoms with Gasteiger partial charge in [0.2, 0.25) is 0 Å². The molecular formula is C13H16N2O2S2. The molecule has 2 rings (SSSR count). The van der Waals surface area contributed by atoms with Gasteiger partial charge < -0.3 is 10.5 Å². The molecule has 1 aromatic carbocycles. The van der Waals surface area contributed by atoms with Crippen molar-refractivity contribution in [2.75, 3.05) is 12.3 Å². The van der Waals surface area contributed by atoms with Crippen molar-refractivity contribution >= 4 is 44.4 Å². The van der Waals surface area contributed by atoms with E-state index >= 15 is 0 Å². The van der Waals surface area contributed by atoms with Gasteiger partial charge in [-0.25, -0.2) is 4.98 Å². The van der Waals surface area contributed by atoms with Gasteiger partial charge in [-0.1, -0.05) is 11.3 Å². The molecule has 1 heterocycles. The molecule has 0 aliphatic heterocycles. The van der Waals surface area contributed by atoms with E-state index in [0.717, 1.165) is 15.1 Å². The van der Waals surface area contributed by atoms with Gasteiger partial charge in [-0.2, -0.15) is 0 Å². The second kappa shape index (κ2) is 5.38. The number of nitrogens with two attached hydrogens (primary N) is 1. The first-order chi connectivity index (χ1) is 8.92. The average molecular weight is 296 g/mol. The maximum absolute atomic E-state index is 11.9. The van der Waals surface area contributed by atoms with E-state index in [9.17, 15) is 4.79 Å². The average Bonchev–Trinajstić information content (AvgIpc) is 2.68. The van der Waals surface area contributed by atoms with E-state index < -0.39 is 4.75 Å². The van der Waals surface area contributed by atoms with Gasteiger partial charge >= 0.3 is 5.97 Å². The Labute approximate surface area is 120 Å². The first kappa shape index (κ1) is 14.1. The molecule has 0 aliphatic rings. The molecule has 0 amide bonds. The van der Waals surface area contributed by atoms with Crippen LogP contribution in [0.1, 0.15) is 20.8 Å². The van der Waals surface area contributed by atoms with E-state index in [1.807, 2.05) is 39.0 Å². The molecule has 0 radical (unpaired) electrons. The van der Waals surface area contributed by atoms with Gasteiger partial charge in [0, 0.05) is 4.90 Å². The van der Waals surface area contributed by atoms with Crippen molar-refractivity contribution in [2.45, 2.75) is 30.4 Å². The van der Waals surface area contributed by atoms with Gasteiger partial charge in [0.25, 0.3) is 0 Å². The lowest BCUT2D eigenvalue weighted by atomic mass is 10.2. The van der Waals surface area contributed by atoms with Crippen LogP contribution in [-0.2, 0) is 9.53 Å². The third-order valence-corrected chi connectivity index (χ3v) is 4.53. The minimum absolute atomic E-state index is 0.205. The van der Waals surface area contributed by atoms with Crippen LogP contribution in [0.3, 0.4) is 0 Å². The number of rotatable bonds is 4. The number of fused-ring (bicyclic) bond motifs is 1. The quantitative estimate of drug-likeness (QED) is 0.692. The molecule has 0 fully saturated rings. The number of carbonyl (C=O) groups is 1. The third-order valence-electron chi connectivity index (χ3n) is 2.52. The SMILES string of the molecule is CCOC(=O)C(C)(C)Sc1ccc2nc(N)sc2c1. The van der Waals surface area contributed by atoms with Gasteiger partial charge in [0.1, 0.15) is 4.75 Å². The molecule has 19 heavy (non-hydrogen) atoms. The van der Waals surface area contributed by atoms with Gasteiger partial charge in [-0.3, -0.25) is 4.79 Å². The summed E-state index contributed by atoms with van der Waals surface area (Å²) in [6, 6.07) is 5.88. The van der Waals surface area contributed by atoms with Crippen LogP contribution in [0.2, 0.25) is 0 Å². The van der Waals surface area contributed by atoms with Gasteiger partial charge in [0.05, 0.1) is 16.8 Å². The summed E-state index contributed by atoms with van der Waals surface area (Å²) < 4.78 is 5.50. The highest BCUT2D eigenvalue weighted by molar-refractivity contribution is 8.01. The minimum atomic E-state index is -0.611. The number of aromatic nitrogens is 1. The van der Waals surface area contributed by atoms with Crippen molar-refractivity contribution in [2.24, 2.45) is 0 Å². The molecule has 0 atom stereocenters. The maximum Gasteiger partial charge on any atom is 0.321 e. The maximum atomic E-state index is 11.9. The molecule has 4 nitrogen and oxygen atoms in total. The number of thiazole rings is 1. The molecule has 0 aliphatic carbocycles. The summed E-state index contributed by atoms with van der Waals surface area (Å²) in [4.78, 5) is 17.1. The molecule has 102 valence electrons. The van der Waals surface area contributed by atoms with Crippen LogP contribution in [-0.4, -0.2) is 22.3 Å². The van der Waals surface area contributed by atoms with E-state index in [-0.39, 0.29) is 5.97 Å². The van der Waals surface area contributed by atoms with Crippen molar-refractivity contribution in [3.8, 4) is 0 Å². The van der Waals surface area contributed by atoms with E-state index in [2.05, 4.69) is 4.98 Å². The van der Waals surface area contributed by atoms with Crippen molar-refractivity contribution in [1.82, 2.24) is 4.98 Å². The number of nitrogens with zero attached hydrogens (tertiary/aromatic N) is 1. The Morgan fingerprint density at radius 3 is 2.95 bits per heavy atom. The zero-order valence-corrected chi connectivity index (χ0v) is 12.7. The summed E-state index contributed by atoms with van der Waals surface area (Å²) in [6.45, 7) is 5.93. The molecule has 1 aromatic heterocycles. The number of carbonyl (C=O) groups excluding carboxylic acids is 1. The van der Waals surface area contributed by atoms with Crippen LogP contribution < -0.4 is 5.73 Å². The summed E-state index contributed by atoms with van der Waals surface area (Å²) >= 11 is 2.93. The molecule has 0 saturated heterocycles. The Balaban J connectivity index is 2.22. The van der Waals surface area contributed by atoms with Crippen LogP contribution in [0.4, 0.5) is 5.13 Å². The van der Waals surface area contributed by atoms with E-state index in [1.165, 1.54) is 23.1 Å². The van der Waals surface area contributed by atoms with E-state index in [0.29, 0.717) is 11.7 Å². The normalized spacial score (nSPS) is 11.7. The number of esters is 1. The number of nitrogen functional groups attached to an aromatic ring is 1. The highest BCUT2D eigenvalue weighted by Crippen LogP contribution is 2.36. The summed E-state index contributed by atoms with van der Waals surface area (Å²) in [7, 11) is 0. The smallest absolute Gasteiger partial charge is 0.321 e. The summed E-state index contributed by atoms with van der Waals surface area (Å²) in [5, 5.41) is 0.557. The van der Waals surface area contributed by atoms with Crippen LogP contribution in [0.5, 0.6) is 0 Å². The summed E-state index contributed by atoms with van der Waals surface area (Å²) in [5.41, 5.74) is 6.57. The van der Waals surface area contributed by atoms with Crippen LogP contribution in [0.25, 0.3) is 10.2 Å². The van der Waals surface area contributed by atoms with E-state index in [4.69, 9.17) is 10.5 Å². The first-order valence-electron chi connectivity index (χ1n) is 5.94. The van der Waals surface area contributed by atoms with Crippen LogP contribution >= 0.6 is 23.1 Å². The number of thioether (sulfide) groups is 1. The fraction of sp³-hybridized carbons (Fsp3) is 0.385. The highest BCUT2D eigenvalue weighted by atomic mass is 32.2. The molecule has 2 aromatic rings. The predicted molar refractivity (Wildman–Crippen MR) is 80.6 cm³/mol. The van der Waals surface area contributed by atoms with Crippen LogP contribution in [0.15, 0.2) is 23.1 Å². The Kier molecular flexibility index (Phi) is 4.01. The third kappa shape index (κ3) is 3.19. The molecule has 0 spiro atoms. The topological polar surface area (TPSA) is 65.2 Å².